The van der Waals surface area contributed by atoms with Crippen molar-refractivity contribution in [2.45, 2.75) is 32.6 Å². The van der Waals surface area contributed by atoms with Crippen molar-refractivity contribution in [3.05, 3.63) is 42.0 Å². The van der Waals surface area contributed by atoms with Gasteiger partial charge in [0.15, 0.2) is 0 Å². The fraction of sp³-hybridized carbons (Fsp3) is 0.429. The number of rotatable bonds is 2. The Hall–Kier alpha value is -1.04. The number of benzene rings is 1. The average Bonchev–Trinajstić information content (AvgIpc) is 2.30. The average molecular weight is 186 g/mol. The van der Waals surface area contributed by atoms with Crippen molar-refractivity contribution in [1.29, 1.82) is 0 Å². The lowest BCUT2D eigenvalue weighted by atomic mass is 9.85. The minimum Gasteiger partial charge on any atom is -0.0804 e. The monoisotopic (exact) mass is 186 g/mol. The SMILES string of the molecule is CCC1CC=C(c2ccccc2)CC1. The quantitative estimate of drug-likeness (QED) is 0.646. The van der Waals surface area contributed by atoms with Gasteiger partial charge in [-0.05, 0) is 36.3 Å². The summed E-state index contributed by atoms with van der Waals surface area (Å²) in [4.78, 5) is 0. The molecule has 1 atom stereocenters. The van der Waals surface area contributed by atoms with Crippen molar-refractivity contribution in [2.24, 2.45) is 5.92 Å². The molecule has 1 aliphatic rings. The van der Waals surface area contributed by atoms with E-state index in [-0.39, 0.29) is 0 Å². The molecule has 0 aliphatic heterocycles. The van der Waals surface area contributed by atoms with Crippen LogP contribution < -0.4 is 0 Å². The van der Waals surface area contributed by atoms with Gasteiger partial charge in [-0.1, -0.05) is 49.8 Å². The van der Waals surface area contributed by atoms with E-state index in [1.54, 1.807) is 5.57 Å². The van der Waals surface area contributed by atoms with Gasteiger partial charge >= 0.3 is 0 Å². The molecule has 0 bridgehead atoms. The van der Waals surface area contributed by atoms with Gasteiger partial charge in [0.1, 0.15) is 0 Å². The zero-order valence-corrected chi connectivity index (χ0v) is 8.87. The Labute approximate surface area is 86.7 Å². The van der Waals surface area contributed by atoms with Crippen LogP contribution in [0.15, 0.2) is 36.4 Å². The second-order valence-electron chi connectivity index (χ2n) is 4.14. The summed E-state index contributed by atoms with van der Waals surface area (Å²) in [6.45, 7) is 2.30. The summed E-state index contributed by atoms with van der Waals surface area (Å²) in [6.07, 6.45) is 7.69. The van der Waals surface area contributed by atoms with Crippen LogP contribution in [0.3, 0.4) is 0 Å². The topological polar surface area (TPSA) is 0 Å². The van der Waals surface area contributed by atoms with Crippen molar-refractivity contribution < 1.29 is 0 Å². The minimum absolute atomic E-state index is 0.933. The Bertz CT molecular complexity index is 308. The first kappa shape index (κ1) is 9.51. The van der Waals surface area contributed by atoms with Gasteiger partial charge in [0, 0.05) is 0 Å². The molecule has 1 unspecified atom stereocenters. The zero-order valence-electron chi connectivity index (χ0n) is 8.87. The van der Waals surface area contributed by atoms with Gasteiger partial charge in [0.25, 0.3) is 0 Å². The lowest BCUT2D eigenvalue weighted by Gasteiger charge is -2.20. The molecule has 0 N–H and O–H groups in total. The lowest BCUT2D eigenvalue weighted by molar-refractivity contribution is 0.471. The molecule has 0 nitrogen and oxygen atoms in total. The molecule has 1 aliphatic carbocycles. The molecule has 0 heteroatoms. The van der Waals surface area contributed by atoms with Crippen molar-refractivity contribution in [3.8, 4) is 0 Å². The summed E-state index contributed by atoms with van der Waals surface area (Å²) >= 11 is 0. The molecule has 0 saturated heterocycles. The van der Waals surface area contributed by atoms with E-state index in [0.717, 1.165) is 5.92 Å². The van der Waals surface area contributed by atoms with Crippen LogP contribution in [0.2, 0.25) is 0 Å². The van der Waals surface area contributed by atoms with Crippen molar-refractivity contribution in [2.75, 3.05) is 0 Å². The summed E-state index contributed by atoms with van der Waals surface area (Å²) in [5.74, 6) is 0.933. The normalized spacial score (nSPS) is 21.8. The fourth-order valence-electron chi connectivity index (χ4n) is 2.17. The van der Waals surface area contributed by atoms with E-state index < -0.39 is 0 Å². The highest BCUT2D eigenvalue weighted by Gasteiger charge is 2.12. The van der Waals surface area contributed by atoms with Crippen LogP contribution >= 0.6 is 0 Å². The largest absolute Gasteiger partial charge is 0.0804 e. The molecule has 0 saturated carbocycles. The van der Waals surface area contributed by atoms with Crippen LogP contribution in [-0.2, 0) is 0 Å². The molecule has 0 radical (unpaired) electrons. The predicted octanol–water partition coefficient (Wildman–Crippen LogP) is 4.28. The molecule has 74 valence electrons. The highest BCUT2D eigenvalue weighted by atomic mass is 14.2. The fourth-order valence-corrected chi connectivity index (χ4v) is 2.17. The van der Waals surface area contributed by atoms with E-state index in [0.29, 0.717) is 0 Å². The molecular formula is C14H18. The van der Waals surface area contributed by atoms with Crippen LogP contribution in [0.1, 0.15) is 38.2 Å². The highest BCUT2D eigenvalue weighted by molar-refractivity contribution is 5.66. The van der Waals surface area contributed by atoms with Crippen LogP contribution in [0.5, 0.6) is 0 Å². The smallest absolute Gasteiger partial charge is 0.0228 e. The predicted molar refractivity (Wildman–Crippen MR) is 62.1 cm³/mol. The van der Waals surface area contributed by atoms with Crippen molar-refractivity contribution in [1.82, 2.24) is 0 Å². The Morgan fingerprint density at radius 2 is 2.00 bits per heavy atom. The maximum atomic E-state index is 2.44. The summed E-state index contributed by atoms with van der Waals surface area (Å²) in [7, 11) is 0. The van der Waals surface area contributed by atoms with E-state index in [2.05, 4.69) is 43.3 Å². The lowest BCUT2D eigenvalue weighted by Crippen LogP contribution is -2.03. The first-order valence-electron chi connectivity index (χ1n) is 5.64. The Morgan fingerprint density at radius 3 is 2.57 bits per heavy atom. The van der Waals surface area contributed by atoms with Gasteiger partial charge in [0.2, 0.25) is 0 Å². The van der Waals surface area contributed by atoms with Gasteiger partial charge in [-0.3, -0.25) is 0 Å². The van der Waals surface area contributed by atoms with Gasteiger partial charge in [-0.15, -0.1) is 0 Å². The molecular weight excluding hydrogens is 168 g/mol. The summed E-state index contributed by atoms with van der Waals surface area (Å²) in [5, 5.41) is 0. The van der Waals surface area contributed by atoms with Gasteiger partial charge in [-0.25, -0.2) is 0 Å². The molecule has 0 amide bonds. The Balaban J connectivity index is 2.11. The van der Waals surface area contributed by atoms with Crippen LogP contribution in [0.4, 0.5) is 0 Å². The molecule has 0 aromatic heterocycles. The first-order chi connectivity index (χ1) is 6.90. The molecule has 1 aromatic carbocycles. The molecule has 1 aromatic rings. The number of hydrogen-bond acceptors (Lipinski definition) is 0. The summed E-state index contributed by atoms with van der Waals surface area (Å²) in [6, 6.07) is 10.8. The van der Waals surface area contributed by atoms with E-state index in [1.807, 2.05) is 0 Å². The van der Waals surface area contributed by atoms with Gasteiger partial charge in [-0.2, -0.15) is 0 Å². The van der Waals surface area contributed by atoms with Crippen LogP contribution in [0, 0.1) is 5.92 Å². The molecule has 0 heterocycles. The standard InChI is InChI=1S/C14H18/c1-2-12-8-10-14(11-9-12)13-6-4-3-5-7-13/h3-7,10,12H,2,8-9,11H2,1H3. The second-order valence-corrected chi connectivity index (χ2v) is 4.14. The van der Waals surface area contributed by atoms with Crippen LogP contribution in [-0.4, -0.2) is 0 Å². The van der Waals surface area contributed by atoms with Crippen molar-refractivity contribution in [3.63, 3.8) is 0 Å². The zero-order chi connectivity index (χ0) is 9.80. The van der Waals surface area contributed by atoms with E-state index >= 15 is 0 Å². The van der Waals surface area contributed by atoms with Crippen LogP contribution in [0.25, 0.3) is 5.57 Å². The number of allylic oxidation sites excluding steroid dienone is 2. The third-order valence-electron chi connectivity index (χ3n) is 3.24. The van der Waals surface area contributed by atoms with E-state index in [1.165, 1.54) is 31.2 Å². The minimum atomic E-state index is 0.933. The summed E-state index contributed by atoms with van der Waals surface area (Å²) < 4.78 is 0. The third-order valence-corrected chi connectivity index (χ3v) is 3.24. The summed E-state index contributed by atoms with van der Waals surface area (Å²) in [5.41, 5.74) is 2.97. The molecule has 14 heavy (non-hydrogen) atoms. The first-order valence-corrected chi connectivity index (χ1v) is 5.64. The van der Waals surface area contributed by atoms with E-state index in [9.17, 15) is 0 Å². The molecule has 0 fully saturated rings. The van der Waals surface area contributed by atoms with Gasteiger partial charge in [0.05, 0.1) is 0 Å². The molecule has 0 spiro atoms. The highest BCUT2D eigenvalue weighted by Crippen LogP contribution is 2.31. The maximum absolute atomic E-state index is 2.44. The van der Waals surface area contributed by atoms with Crippen molar-refractivity contribution >= 4 is 5.57 Å². The third kappa shape index (κ3) is 2.06. The van der Waals surface area contributed by atoms with E-state index in [4.69, 9.17) is 0 Å². The van der Waals surface area contributed by atoms with Gasteiger partial charge < -0.3 is 0 Å². The Kier molecular flexibility index (Phi) is 3.03. The molecule has 2 rings (SSSR count). The maximum Gasteiger partial charge on any atom is -0.0228 e. The number of hydrogen-bond donors (Lipinski definition) is 0. The second kappa shape index (κ2) is 4.45. The Morgan fingerprint density at radius 1 is 1.21 bits per heavy atom.